The first-order valence-corrected chi connectivity index (χ1v) is 5.92. The fourth-order valence-electron chi connectivity index (χ4n) is 1.60. The quantitative estimate of drug-likeness (QED) is 0.659. The Morgan fingerprint density at radius 2 is 1.72 bits per heavy atom. The molecule has 3 heteroatoms. The molecule has 0 radical (unpaired) electrons. The van der Waals surface area contributed by atoms with Crippen LogP contribution in [0.15, 0.2) is 59.6 Å². The number of ether oxygens (including phenoxy) is 1. The van der Waals surface area contributed by atoms with E-state index < -0.39 is 0 Å². The van der Waals surface area contributed by atoms with Crippen molar-refractivity contribution in [1.82, 2.24) is 0 Å². The Morgan fingerprint density at radius 1 is 1.06 bits per heavy atom. The van der Waals surface area contributed by atoms with E-state index in [1.165, 1.54) is 0 Å². The maximum absolute atomic E-state index is 5.94. The molecule has 0 fully saturated rings. The smallest absolute Gasteiger partial charge is 0.131 e. The van der Waals surface area contributed by atoms with Gasteiger partial charge < -0.3 is 10.5 Å². The molecule has 0 atom stereocenters. The molecule has 2 aromatic rings. The van der Waals surface area contributed by atoms with Crippen molar-refractivity contribution in [2.24, 2.45) is 10.7 Å². The summed E-state index contributed by atoms with van der Waals surface area (Å²) in [4.78, 5) is 4.37. The van der Waals surface area contributed by atoms with Crippen LogP contribution in [-0.4, -0.2) is 12.4 Å². The fraction of sp³-hybridized carbons (Fsp3) is 0.133. The van der Waals surface area contributed by atoms with Crippen LogP contribution in [-0.2, 0) is 0 Å². The van der Waals surface area contributed by atoms with E-state index in [1.807, 2.05) is 61.5 Å². The minimum Gasteiger partial charge on any atom is -0.494 e. The zero-order valence-corrected chi connectivity index (χ0v) is 10.3. The van der Waals surface area contributed by atoms with Crippen molar-refractivity contribution >= 4 is 11.5 Å². The van der Waals surface area contributed by atoms with Gasteiger partial charge in [0.15, 0.2) is 0 Å². The van der Waals surface area contributed by atoms with Crippen LogP contribution in [0.25, 0.3) is 0 Å². The molecule has 92 valence electrons. The molecule has 0 aliphatic rings. The second kappa shape index (κ2) is 5.87. The van der Waals surface area contributed by atoms with Crippen LogP contribution < -0.4 is 10.5 Å². The largest absolute Gasteiger partial charge is 0.494 e. The first kappa shape index (κ1) is 12.2. The maximum atomic E-state index is 5.94. The normalized spacial score (nSPS) is 11.3. The van der Waals surface area contributed by atoms with Gasteiger partial charge in [-0.15, -0.1) is 0 Å². The van der Waals surface area contributed by atoms with Gasteiger partial charge in [0, 0.05) is 5.56 Å². The van der Waals surface area contributed by atoms with Gasteiger partial charge in [-0.3, -0.25) is 0 Å². The summed E-state index contributed by atoms with van der Waals surface area (Å²) in [5, 5.41) is 0. The first-order chi connectivity index (χ1) is 8.79. The van der Waals surface area contributed by atoms with Crippen LogP contribution in [0.2, 0.25) is 0 Å². The fourth-order valence-corrected chi connectivity index (χ4v) is 1.60. The number of rotatable bonds is 4. The lowest BCUT2D eigenvalue weighted by atomic mass is 10.2. The van der Waals surface area contributed by atoms with Crippen molar-refractivity contribution in [2.45, 2.75) is 6.92 Å². The third-order valence-corrected chi connectivity index (χ3v) is 2.47. The Bertz CT molecular complexity index is 518. The molecular formula is C15H16N2O. The van der Waals surface area contributed by atoms with Crippen LogP contribution in [0.3, 0.4) is 0 Å². The Balaban J connectivity index is 2.17. The van der Waals surface area contributed by atoms with Crippen molar-refractivity contribution in [1.29, 1.82) is 0 Å². The molecule has 0 bridgehead atoms. The molecule has 0 saturated heterocycles. The van der Waals surface area contributed by atoms with Crippen LogP contribution >= 0.6 is 0 Å². The summed E-state index contributed by atoms with van der Waals surface area (Å²) in [6.07, 6.45) is 0. The number of nitrogens with zero attached hydrogens (tertiary/aromatic N) is 1. The molecule has 2 aromatic carbocycles. The summed E-state index contributed by atoms with van der Waals surface area (Å²) in [5.74, 6) is 1.36. The highest BCUT2D eigenvalue weighted by molar-refractivity contribution is 5.98. The molecule has 0 amide bonds. The Labute approximate surface area is 107 Å². The van der Waals surface area contributed by atoms with Gasteiger partial charge >= 0.3 is 0 Å². The molecular weight excluding hydrogens is 224 g/mol. The number of amidine groups is 1. The molecule has 0 heterocycles. The van der Waals surface area contributed by atoms with Gasteiger partial charge in [-0.2, -0.15) is 0 Å². The Morgan fingerprint density at radius 3 is 2.33 bits per heavy atom. The van der Waals surface area contributed by atoms with Gasteiger partial charge in [0.25, 0.3) is 0 Å². The summed E-state index contributed by atoms with van der Waals surface area (Å²) >= 11 is 0. The van der Waals surface area contributed by atoms with Gasteiger partial charge in [-0.1, -0.05) is 30.3 Å². The zero-order valence-electron chi connectivity index (χ0n) is 10.3. The first-order valence-electron chi connectivity index (χ1n) is 5.92. The highest BCUT2D eigenvalue weighted by atomic mass is 16.5. The van der Waals surface area contributed by atoms with Gasteiger partial charge in [0.1, 0.15) is 11.6 Å². The van der Waals surface area contributed by atoms with Gasteiger partial charge in [-0.25, -0.2) is 4.99 Å². The van der Waals surface area contributed by atoms with Crippen molar-refractivity contribution in [2.75, 3.05) is 6.61 Å². The lowest BCUT2D eigenvalue weighted by Gasteiger charge is -2.03. The van der Waals surface area contributed by atoms with Crippen molar-refractivity contribution in [3.05, 3.63) is 60.2 Å². The number of hydrogen-bond donors (Lipinski definition) is 1. The molecule has 0 spiro atoms. The number of aliphatic imine (C=N–C) groups is 1. The Kier molecular flexibility index (Phi) is 3.97. The van der Waals surface area contributed by atoms with Gasteiger partial charge in [-0.05, 0) is 31.2 Å². The molecule has 3 nitrogen and oxygen atoms in total. The minimum atomic E-state index is 0.514. The van der Waals surface area contributed by atoms with E-state index in [1.54, 1.807) is 0 Å². The van der Waals surface area contributed by atoms with E-state index in [0.717, 1.165) is 17.0 Å². The van der Waals surface area contributed by atoms with E-state index in [2.05, 4.69) is 4.99 Å². The molecule has 0 unspecified atom stereocenters. The monoisotopic (exact) mass is 240 g/mol. The third kappa shape index (κ3) is 3.10. The van der Waals surface area contributed by atoms with Crippen LogP contribution in [0.4, 0.5) is 5.69 Å². The van der Waals surface area contributed by atoms with Crippen molar-refractivity contribution in [3.63, 3.8) is 0 Å². The number of benzene rings is 2. The summed E-state index contributed by atoms with van der Waals surface area (Å²) in [7, 11) is 0. The summed E-state index contributed by atoms with van der Waals surface area (Å²) in [6.45, 7) is 2.62. The topological polar surface area (TPSA) is 47.6 Å². The van der Waals surface area contributed by atoms with Crippen LogP contribution in [0, 0.1) is 0 Å². The lowest BCUT2D eigenvalue weighted by Crippen LogP contribution is -2.12. The van der Waals surface area contributed by atoms with Crippen LogP contribution in [0.5, 0.6) is 5.75 Å². The average Bonchev–Trinajstić information content (AvgIpc) is 2.42. The molecule has 0 aromatic heterocycles. The standard InChI is InChI=1S/C15H16N2O/c1-2-18-14-10-8-13(9-11-14)17-15(16)12-6-4-3-5-7-12/h3-11H,2H2,1H3,(H2,16,17). The molecule has 2 rings (SSSR count). The number of nitrogens with two attached hydrogens (primary N) is 1. The number of hydrogen-bond acceptors (Lipinski definition) is 2. The van der Waals surface area contributed by atoms with E-state index in [0.29, 0.717) is 12.4 Å². The molecule has 2 N–H and O–H groups in total. The summed E-state index contributed by atoms with van der Waals surface area (Å²) < 4.78 is 5.37. The van der Waals surface area contributed by atoms with Gasteiger partial charge in [0.05, 0.1) is 12.3 Å². The average molecular weight is 240 g/mol. The highest BCUT2D eigenvalue weighted by Gasteiger charge is 1.98. The Hall–Kier alpha value is -2.29. The summed E-state index contributed by atoms with van der Waals surface area (Å²) in [5.41, 5.74) is 7.68. The lowest BCUT2D eigenvalue weighted by molar-refractivity contribution is 0.340. The maximum Gasteiger partial charge on any atom is 0.131 e. The molecule has 0 saturated carbocycles. The summed E-state index contributed by atoms with van der Waals surface area (Å²) in [6, 6.07) is 17.3. The molecule has 0 aliphatic heterocycles. The second-order valence-corrected chi connectivity index (χ2v) is 3.79. The minimum absolute atomic E-state index is 0.514. The van der Waals surface area contributed by atoms with E-state index in [9.17, 15) is 0 Å². The third-order valence-electron chi connectivity index (χ3n) is 2.47. The van der Waals surface area contributed by atoms with E-state index in [4.69, 9.17) is 10.5 Å². The second-order valence-electron chi connectivity index (χ2n) is 3.79. The van der Waals surface area contributed by atoms with E-state index >= 15 is 0 Å². The predicted octanol–water partition coefficient (Wildman–Crippen LogP) is 3.12. The predicted molar refractivity (Wildman–Crippen MR) is 74.4 cm³/mol. The van der Waals surface area contributed by atoms with E-state index in [-0.39, 0.29) is 0 Å². The molecule has 0 aliphatic carbocycles. The molecule has 18 heavy (non-hydrogen) atoms. The van der Waals surface area contributed by atoms with Crippen molar-refractivity contribution < 1.29 is 4.74 Å². The van der Waals surface area contributed by atoms with Crippen LogP contribution in [0.1, 0.15) is 12.5 Å². The van der Waals surface area contributed by atoms with Gasteiger partial charge in [0.2, 0.25) is 0 Å². The SMILES string of the molecule is CCOc1ccc(N=C(N)c2ccccc2)cc1. The highest BCUT2D eigenvalue weighted by Crippen LogP contribution is 2.18. The van der Waals surface area contributed by atoms with Crippen molar-refractivity contribution in [3.8, 4) is 5.75 Å². The zero-order chi connectivity index (χ0) is 12.8.